The molecule has 2 aliphatic rings. The SMILES string of the molecule is Cc1nc2c(cnn2C(C)C)c(C)c1CCC(=O)N1CC(C(=O)N2CCOCC2)Oc2ccccc21. The summed E-state index contributed by atoms with van der Waals surface area (Å²) in [5.41, 5.74) is 4.68. The van der Waals surface area contributed by atoms with Gasteiger partial charge in [-0.2, -0.15) is 5.10 Å². The highest BCUT2D eigenvalue weighted by Crippen LogP contribution is 2.34. The highest BCUT2D eigenvalue weighted by Gasteiger charge is 2.36. The van der Waals surface area contributed by atoms with Gasteiger partial charge in [0.1, 0.15) is 5.75 Å². The molecule has 4 heterocycles. The van der Waals surface area contributed by atoms with Crippen LogP contribution in [0, 0.1) is 13.8 Å². The Morgan fingerprint density at radius 2 is 1.89 bits per heavy atom. The number of hydrogen-bond donors (Lipinski definition) is 0. The van der Waals surface area contributed by atoms with E-state index >= 15 is 0 Å². The number of morpholine rings is 1. The van der Waals surface area contributed by atoms with Crippen LogP contribution in [0.5, 0.6) is 5.75 Å². The Morgan fingerprint density at radius 3 is 2.64 bits per heavy atom. The summed E-state index contributed by atoms with van der Waals surface area (Å²) >= 11 is 0. The second-order valence-electron chi connectivity index (χ2n) is 9.74. The minimum Gasteiger partial charge on any atom is -0.476 e. The van der Waals surface area contributed by atoms with Gasteiger partial charge in [-0.15, -0.1) is 0 Å². The van der Waals surface area contributed by atoms with Crippen molar-refractivity contribution in [2.75, 3.05) is 37.7 Å². The molecule has 0 bridgehead atoms. The van der Waals surface area contributed by atoms with Gasteiger partial charge in [0.25, 0.3) is 5.91 Å². The maximum Gasteiger partial charge on any atom is 0.265 e. The molecule has 1 unspecified atom stereocenters. The second-order valence-corrected chi connectivity index (χ2v) is 9.74. The van der Waals surface area contributed by atoms with Gasteiger partial charge in [0.15, 0.2) is 11.8 Å². The van der Waals surface area contributed by atoms with E-state index in [4.69, 9.17) is 14.5 Å². The largest absolute Gasteiger partial charge is 0.476 e. The summed E-state index contributed by atoms with van der Waals surface area (Å²) < 4.78 is 13.4. The number of pyridine rings is 1. The molecule has 1 saturated heterocycles. The second kappa shape index (κ2) is 9.89. The number of carbonyl (C=O) groups is 2. The maximum atomic E-state index is 13.5. The molecule has 190 valence electrons. The number of aryl methyl sites for hydroxylation is 2. The average Bonchev–Trinajstić information content (AvgIpc) is 3.32. The molecule has 0 N–H and O–H groups in total. The molecule has 2 aromatic heterocycles. The minimum atomic E-state index is -0.731. The summed E-state index contributed by atoms with van der Waals surface area (Å²) in [5, 5.41) is 5.53. The Labute approximate surface area is 211 Å². The summed E-state index contributed by atoms with van der Waals surface area (Å²) in [4.78, 5) is 35.0. The highest BCUT2D eigenvalue weighted by molar-refractivity contribution is 5.97. The van der Waals surface area contributed by atoms with E-state index < -0.39 is 6.10 Å². The van der Waals surface area contributed by atoms with Crippen molar-refractivity contribution in [2.45, 2.75) is 52.7 Å². The Balaban J connectivity index is 1.36. The number of fused-ring (bicyclic) bond motifs is 2. The van der Waals surface area contributed by atoms with Gasteiger partial charge in [0.05, 0.1) is 31.6 Å². The molecule has 2 aliphatic heterocycles. The number of carbonyl (C=O) groups excluding carboxylic acids is 2. The zero-order chi connectivity index (χ0) is 25.4. The molecule has 2 amide bonds. The molecule has 5 rings (SSSR count). The van der Waals surface area contributed by atoms with Crippen LogP contribution in [0.4, 0.5) is 5.69 Å². The lowest BCUT2D eigenvalue weighted by Gasteiger charge is -2.37. The summed E-state index contributed by atoms with van der Waals surface area (Å²) in [7, 11) is 0. The minimum absolute atomic E-state index is 0.0395. The van der Waals surface area contributed by atoms with Gasteiger partial charge < -0.3 is 19.3 Å². The number of amides is 2. The van der Waals surface area contributed by atoms with Crippen LogP contribution in [-0.4, -0.2) is 70.4 Å². The number of benzene rings is 1. The van der Waals surface area contributed by atoms with Crippen LogP contribution in [0.1, 0.15) is 43.1 Å². The lowest BCUT2D eigenvalue weighted by Crippen LogP contribution is -2.54. The Hall–Kier alpha value is -3.46. The van der Waals surface area contributed by atoms with E-state index in [1.807, 2.05) is 42.1 Å². The zero-order valence-corrected chi connectivity index (χ0v) is 21.4. The van der Waals surface area contributed by atoms with Crippen LogP contribution in [-0.2, 0) is 20.7 Å². The monoisotopic (exact) mass is 491 g/mol. The van der Waals surface area contributed by atoms with Gasteiger partial charge in [-0.05, 0) is 57.4 Å². The van der Waals surface area contributed by atoms with E-state index in [0.717, 1.165) is 27.9 Å². The van der Waals surface area contributed by atoms with Crippen LogP contribution in [0.3, 0.4) is 0 Å². The fraction of sp³-hybridized carbons (Fsp3) is 0.481. The molecular weight excluding hydrogens is 458 g/mol. The van der Waals surface area contributed by atoms with E-state index in [1.165, 1.54) is 0 Å². The Kier molecular flexibility index (Phi) is 6.66. The first-order valence-corrected chi connectivity index (χ1v) is 12.6. The van der Waals surface area contributed by atoms with E-state index in [0.29, 0.717) is 50.6 Å². The van der Waals surface area contributed by atoms with E-state index in [2.05, 4.69) is 25.9 Å². The summed E-state index contributed by atoms with van der Waals surface area (Å²) in [5.74, 6) is 0.414. The molecule has 0 aliphatic carbocycles. The molecule has 0 radical (unpaired) electrons. The Morgan fingerprint density at radius 1 is 1.14 bits per heavy atom. The first kappa shape index (κ1) is 24.2. The van der Waals surface area contributed by atoms with Gasteiger partial charge >= 0.3 is 0 Å². The molecule has 1 atom stereocenters. The number of ether oxygens (including phenoxy) is 2. The number of para-hydroxylation sites is 2. The topological polar surface area (TPSA) is 89.8 Å². The molecule has 36 heavy (non-hydrogen) atoms. The molecule has 9 heteroatoms. The number of rotatable bonds is 5. The van der Waals surface area contributed by atoms with E-state index in [-0.39, 0.29) is 24.4 Å². The number of aromatic nitrogens is 3. The molecule has 0 spiro atoms. The molecule has 9 nitrogen and oxygen atoms in total. The van der Waals surface area contributed by atoms with Crippen molar-refractivity contribution in [3.05, 3.63) is 47.3 Å². The smallest absolute Gasteiger partial charge is 0.265 e. The van der Waals surface area contributed by atoms with E-state index in [1.54, 1.807) is 9.80 Å². The predicted octanol–water partition coefficient (Wildman–Crippen LogP) is 3.21. The molecule has 1 fully saturated rings. The lowest BCUT2D eigenvalue weighted by molar-refractivity contribution is -0.142. The zero-order valence-electron chi connectivity index (χ0n) is 21.4. The predicted molar refractivity (Wildman–Crippen MR) is 136 cm³/mol. The van der Waals surface area contributed by atoms with Gasteiger partial charge in [-0.1, -0.05) is 12.1 Å². The third kappa shape index (κ3) is 4.43. The van der Waals surface area contributed by atoms with Crippen molar-refractivity contribution in [2.24, 2.45) is 0 Å². The van der Waals surface area contributed by atoms with Crippen molar-refractivity contribution in [1.82, 2.24) is 19.7 Å². The standard InChI is InChI=1S/C27H33N5O4/c1-17(2)32-26-21(15-28-32)18(3)20(19(4)29-26)9-10-25(33)31-16-24(27(34)30-11-13-35-14-12-30)36-23-8-6-5-7-22(23)31/h5-8,15,17,24H,9-14,16H2,1-4H3. The first-order valence-electron chi connectivity index (χ1n) is 12.6. The highest BCUT2D eigenvalue weighted by atomic mass is 16.5. The van der Waals surface area contributed by atoms with Crippen molar-refractivity contribution in [3.63, 3.8) is 0 Å². The maximum absolute atomic E-state index is 13.5. The van der Waals surface area contributed by atoms with Gasteiger partial charge in [-0.25, -0.2) is 9.67 Å². The fourth-order valence-electron chi connectivity index (χ4n) is 5.09. The number of nitrogens with zero attached hydrogens (tertiary/aromatic N) is 5. The van der Waals surface area contributed by atoms with Crippen molar-refractivity contribution >= 4 is 28.5 Å². The number of hydrogen-bond acceptors (Lipinski definition) is 6. The molecule has 0 saturated carbocycles. The third-order valence-electron chi connectivity index (χ3n) is 7.09. The first-order chi connectivity index (χ1) is 17.3. The summed E-state index contributed by atoms with van der Waals surface area (Å²) in [6.07, 6.45) is 2.00. The molecular formula is C27H33N5O4. The Bertz CT molecular complexity index is 1290. The normalized spacial score (nSPS) is 17.9. The van der Waals surface area contributed by atoms with Crippen LogP contribution in [0.25, 0.3) is 11.0 Å². The fourth-order valence-corrected chi connectivity index (χ4v) is 5.09. The van der Waals surface area contributed by atoms with Gasteiger partial charge in [0.2, 0.25) is 5.91 Å². The van der Waals surface area contributed by atoms with Gasteiger partial charge in [-0.3, -0.25) is 9.59 Å². The van der Waals surface area contributed by atoms with Crippen molar-refractivity contribution in [1.29, 1.82) is 0 Å². The molecule has 1 aromatic carbocycles. The van der Waals surface area contributed by atoms with Crippen LogP contribution >= 0.6 is 0 Å². The lowest BCUT2D eigenvalue weighted by atomic mass is 10.00. The third-order valence-corrected chi connectivity index (χ3v) is 7.09. The van der Waals surface area contributed by atoms with E-state index in [9.17, 15) is 9.59 Å². The quantitative estimate of drug-likeness (QED) is 0.545. The van der Waals surface area contributed by atoms with Crippen LogP contribution in [0.15, 0.2) is 30.5 Å². The van der Waals surface area contributed by atoms with Crippen molar-refractivity contribution < 1.29 is 19.1 Å². The number of anilines is 1. The van der Waals surface area contributed by atoms with Crippen LogP contribution in [0.2, 0.25) is 0 Å². The summed E-state index contributed by atoms with van der Waals surface area (Å²) in [6.45, 7) is 10.5. The summed E-state index contributed by atoms with van der Waals surface area (Å²) in [6, 6.07) is 7.63. The van der Waals surface area contributed by atoms with Crippen molar-refractivity contribution in [3.8, 4) is 5.75 Å². The van der Waals surface area contributed by atoms with Crippen LogP contribution < -0.4 is 9.64 Å². The molecule has 3 aromatic rings. The average molecular weight is 492 g/mol. The van der Waals surface area contributed by atoms with Gasteiger partial charge in [0, 0.05) is 36.6 Å².